The zero-order valence-corrected chi connectivity index (χ0v) is 9.10. The predicted octanol–water partition coefficient (Wildman–Crippen LogP) is -0.0298. The van der Waals surface area contributed by atoms with Crippen LogP contribution in [0.2, 0.25) is 0 Å². The lowest BCUT2D eigenvalue weighted by atomic mass is 10.1. The molecule has 3 atom stereocenters. The van der Waals surface area contributed by atoms with E-state index in [9.17, 15) is 14.4 Å². The van der Waals surface area contributed by atoms with E-state index in [4.69, 9.17) is 4.74 Å². The molecule has 1 aliphatic carbocycles. The fraction of sp³-hybridized carbons (Fsp3) is 0.727. The second kappa shape index (κ2) is 4.33. The standard InChI is InChI=1S/C11H14O5/c1-2-16-11(14)9(13)3-8(12)10-6-4-15-5-7(6)10/h6-7,10H,2-5H2,1H3/t6-,7+,10+. The van der Waals surface area contributed by atoms with Gasteiger partial charge in [0.15, 0.2) is 0 Å². The molecule has 2 aliphatic rings. The Kier molecular flexibility index (Phi) is 3.05. The third-order valence-corrected chi connectivity index (χ3v) is 3.16. The lowest BCUT2D eigenvalue weighted by molar-refractivity contribution is -0.154. The number of Topliss-reactive ketones (excluding diaryl/α,β-unsaturated/α-hetero) is 2. The van der Waals surface area contributed by atoms with E-state index in [-0.39, 0.29) is 36.6 Å². The number of esters is 1. The number of rotatable bonds is 5. The first-order valence-electron chi connectivity index (χ1n) is 5.45. The monoisotopic (exact) mass is 226 g/mol. The Hall–Kier alpha value is -1.23. The highest BCUT2D eigenvalue weighted by atomic mass is 16.5. The molecular weight excluding hydrogens is 212 g/mol. The van der Waals surface area contributed by atoms with E-state index < -0.39 is 11.8 Å². The molecule has 0 spiro atoms. The van der Waals surface area contributed by atoms with Gasteiger partial charge in [0.05, 0.1) is 26.2 Å². The maximum absolute atomic E-state index is 11.7. The zero-order valence-electron chi connectivity index (χ0n) is 9.10. The summed E-state index contributed by atoms with van der Waals surface area (Å²) in [6, 6.07) is 0. The van der Waals surface area contributed by atoms with E-state index in [2.05, 4.69) is 4.74 Å². The van der Waals surface area contributed by atoms with Crippen molar-refractivity contribution in [3.63, 3.8) is 0 Å². The number of ketones is 2. The first-order chi connectivity index (χ1) is 7.65. The van der Waals surface area contributed by atoms with Gasteiger partial charge in [0, 0.05) is 5.92 Å². The highest BCUT2D eigenvalue weighted by molar-refractivity contribution is 6.37. The van der Waals surface area contributed by atoms with Gasteiger partial charge in [0.2, 0.25) is 5.78 Å². The molecule has 1 aliphatic heterocycles. The van der Waals surface area contributed by atoms with E-state index in [1.807, 2.05) is 0 Å². The summed E-state index contributed by atoms with van der Waals surface area (Å²) in [5.41, 5.74) is 0. The summed E-state index contributed by atoms with van der Waals surface area (Å²) in [6.07, 6.45) is -0.323. The van der Waals surface area contributed by atoms with E-state index in [1.54, 1.807) is 6.92 Å². The van der Waals surface area contributed by atoms with Gasteiger partial charge in [-0.2, -0.15) is 0 Å². The summed E-state index contributed by atoms with van der Waals surface area (Å²) in [4.78, 5) is 33.9. The first kappa shape index (κ1) is 11.3. The summed E-state index contributed by atoms with van der Waals surface area (Å²) in [5, 5.41) is 0. The number of carbonyl (C=O) groups is 3. The third-order valence-electron chi connectivity index (χ3n) is 3.16. The van der Waals surface area contributed by atoms with E-state index in [0.717, 1.165) is 0 Å². The molecule has 1 heterocycles. The highest BCUT2D eigenvalue weighted by Gasteiger charge is 2.57. The molecule has 1 saturated heterocycles. The molecule has 0 aromatic rings. The van der Waals surface area contributed by atoms with Gasteiger partial charge in [0.25, 0.3) is 0 Å². The first-order valence-corrected chi connectivity index (χ1v) is 5.45. The molecule has 88 valence electrons. The Morgan fingerprint density at radius 1 is 1.25 bits per heavy atom. The summed E-state index contributed by atoms with van der Waals surface area (Å²) in [7, 11) is 0. The highest BCUT2D eigenvalue weighted by Crippen LogP contribution is 2.51. The molecule has 16 heavy (non-hydrogen) atoms. The normalized spacial score (nSPS) is 30.7. The molecule has 0 aromatic carbocycles. The average molecular weight is 226 g/mol. The minimum atomic E-state index is -0.905. The quantitative estimate of drug-likeness (QED) is 0.374. The molecule has 0 radical (unpaired) electrons. The van der Waals surface area contributed by atoms with Crippen molar-refractivity contribution < 1.29 is 23.9 Å². The molecule has 2 fully saturated rings. The smallest absolute Gasteiger partial charge is 0.375 e. The predicted molar refractivity (Wildman–Crippen MR) is 52.6 cm³/mol. The van der Waals surface area contributed by atoms with Gasteiger partial charge in [-0.1, -0.05) is 0 Å². The van der Waals surface area contributed by atoms with Gasteiger partial charge in [-0.15, -0.1) is 0 Å². The topological polar surface area (TPSA) is 69.7 Å². The van der Waals surface area contributed by atoms with Crippen molar-refractivity contribution in [2.24, 2.45) is 17.8 Å². The molecule has 0 amide bonds. The largest absolute Gasteiger partial charge is 0.460 e. The van der Waals surface area contributed by atoms with Gasteiger partial charge in [-0.25, -0.2) is 4.79 Å². The second-order valence-electron chi connectivity index (χ2n) is 4.18. The summed E-state index contributed by atoms with van der Waals surface area (Å²) in [5.74, 6) is -1.29. The van der Waals surface area contributed by atoms with Crippen molar-refractivity contribution in [2.45, 2.75) is 13.3 Å². The van der Waals surface area contributed by atoms with Crippen LogP contribution >= 0.6 is 0 Å². The maximum atomic E-state index is 11.7. The van der Waals surface area contributed by atoms with E-state index in [1.165, 1.54) is 0 Å². The van der Waals surface area contributed by atoms with Crippen LogP contribution < -0.4 is 0 Å². The van der Waals surface area contributed by atoms with Crippen LogP contribution in [0.1, 0.15) is 13.3 Å². The van der Waals surface area contributed by atoms with Crippen LogP contribution in [0.5, 0.6) is 0 Å². The Morgan fingerprint density at radius 2 is 1.88 bits per heavy atom. The fourth-order valence-electron chi connectivity index (χ4n) is 2.28. The minimum absolute atomic E-state index is 0.0628. The number of fused-ring (bicyclic) bond motifs is 1. The Labute approximate surface area is 93.1 Å². The third kappa shape index (κ3) is 2.00. The number of ether oxygens (including phenoxy) is 2. The molecule has 0 N–H and O–H groups in total. The molecule has 0 aromatic heterocycles. The van der Waals surface area contributed by atoms with Crippen LogP contribution in [-0.2, 0) is 23.9 Å². The SMILES string of the molecule is CCOC(=O)C(=O)CC(=O)[C@H]1[C@@H]2COC[C@@H]21. The average Bonchev–Trinajstić information content (AvgIpc) is 2.73. The molecule has 5 heteroatoms. The van der Waals surface area contributed by atoms with Crippen LogP contribution in [-0.4, -0.2) is 37.4 Å². The van der Waals surface area contributed by atoms with Crippen LogP contribution in [0.25, 0.3) is 0 Å². The van der Waals surface area contributed by atoms with Gasteiger partial charge >= 0.3 is 5.97 Å². The van der Waals surface area contributed by atoms with Crippen molar-refractivity contribution in [1.82, 2.24) is 0 Å². The van der Waals surface area contributed by atoms with Crippen molar-refractivity contribution in [1.29, 1.82) is 0 Å². The van der Waals surface area contributed by atoms with Gasteiger partial charge in [-0.3, -0.25) is 9.59 Å². The maximum Gasteiger partial charge on any atom is 0.375 e. The van der Waals surface area contributed by atoms with Crippen molar-refractivity contribution in [2.75, 3.05) is 19.8 Å². The van der Waals surface area contributed by atoms with Crippen LogP contribution in [0.15, 0.2) is 0 Å². The number of hydrogen-bond acceptors (Lipinski definition) is 5. The molecule has 0 bridgehead atoms. The molecule has 5 nitrogen and oxygen atoms in total. The van der Waals surface area contributed by atoms with Gasteiger partial charge < -0.3 is 9.47 Å². The summed E-state index contributed by atoms with van der Waals surface area (Å²) < 4.78 is 9.68. The molecular formula is C11H14O5. The van der Waals surface area contributed by atoms with Gasteiger partial charge in [-0.05, 0) is 18.8 Å². The minimum Gasteiger partial charge on any atom is -0.460 e. The lowest BCUT2D eigenvalue weighted by Gasteiger charge is -2.03. The summed E-state index contributed by atoms with van der Waals surface area (Å²) in [6.45, 7) is 2.99. The van der Waals surface area contributed by atoms with Gasteiger partial charge in [0.1, 0.15) is 5.78 Å². The second-order valence-corrected chi connectivity index (χ2v) is 4.18. The molecule has 2 rings (SSSR count). The summed E-state index contributed by atoms with van der Waals surface area (Å²) >= 11 is 0. The van der Waals surface area contributed by atoms with E-state index in [0.29, 0.717) is 13.2 Å². The Bertz CT molecular complexity index is 325. The van der Waals surface area contributed by atoms with Crippen molar-refractivity contribution in [3.05, 3.63) is 0 Å². The number of hydrogen-bond donors (Lipinski definition) is 0. The molecule has 0 unspecified atom stereocenters. The Morgan fingerprint density at radius 3 is 2.44 bits per heavy atom. The fourth-order valence-corrected chi connectivity index (χ4v) is 2.28. The van der Waals surface area contributed by atoms with Crippen molar-refractivity contribution >= 4 is 17.5 Å². The van der Waals surface area contributed by atoms with Crippen LogP contribution in [0.4, 0.5) is 0 Å². The van der Waals surface area contributed by atoms with Crippen LogP contribution in [0.3, 0.4) is 0 Å². The van der Waals surface area contributed by atoms with Crippen molar-refractivity contribution in [3.8, 4) is 0 Å². The number of carbonyl (C=O) groups excluding carboxylic acids is 3. The lowest BCUT2D eigenvalue weighted by Crippen LogP contribution is -2.22. The van der Waals surface area contributed by atoms with E-state index >= 15 is 0 Å². The van der Waals surface area contributed by atoms with Crippen LogP contribution in [0, 0.1) is 17.8 Å². The zero-order chi connectivity index (χ0) is 11.7. The Balaban J connectivity index is 1.80. The molecule has 1 saturated carbocycles.